The standard InChI is InChI=1S/C20H18ClN3O4/c1-15(7-5-6-10-16-8-3-2-4-9-16)22-23-20(25)14-28-19-12-11-17(21)13-18(19)24(26)27/h2-13H,14H2,1H3,(H,23,25). The van der Waals surface area contributed by atoms with Crippen molar-refractivity contribution in [2.24, 2.45) is 5.10 Å². The second kappa shape index (κ2) is 10.6. The highest BCUT2D eigenvalue weighted by Gasteiger charge is 2.16. The summed E-state index contributed by atoms with van der Waals surface area (Å²) in [6, 6.07) is 13.8. The molecule has 144 valence electrons. The number of hydrogen-bond donors (Lipinski definition) is 1. The second-order valence-electron chi connectivity index (χ2n) is 5.57. The third-order valence-electron chi connectivity index (χ3n) is 3.37. The predicted octanol–water partition coefficient (Wildman–Crippen LogP) is 4.39. The first-order chi connectivity index (χ1) is 13.5. The lowest BCUT2D eigenvalue weighted by atomic mass is 10.2. The molecule has 28 heavy (non-hydrogen) atoms. The van der Waals surface area contributed by atoms with Crippen molar-refractivity contribution in [3.63, 3.8) is 0 Å². The highest BCUT2D eigenvalue weighted by molar-refractivity contribution is 6.30. The van der Waals surface area contributed by atoms with Crippen LogP contribution in [0.4, 0.5) is 5.69 Å². The zero-order valence-corrected chi connectivity index (χ0v) is 15.8. The molecule has 2 rings (SSSR count). The Hall–Kier alpha value is -3.45. The van der Waals surface area contributed by atoms with Gasteiger partial charge in [0.25, 0.3) is 5.91 Å². The first kappa shape index (κ1) is 20.9. The third kappa shape index (κ3) is 7.05. The number of halogens is 1. The van der Waals surface area contributed by atoms with E-state index in [0.29, 0.717) is 5.71 Å². The molecule has 0 spiro atoms. The normalized spacial score (nSPS) is 11.7. The summed E-state index contributed by atoms with van der Waals surface area (Å²) in [4.78, 5) is 22.2. The van der Waals surface area contributed by atoms with Crippen LogP contribution in [0.15, 0.2) is 71.9 Å². The van der Waals surface area contributed by atoms with E-state index in [4.69, 9.17) is 16.3 Å². The van der Waals surface area contributed by atoms with Gasteiger partial charge in [-0.1, -0.05) is 60.2 Å². The molecule has 2 aromatic carbocycles. The smallest absolute Gasteiger partial charge is 0.312 e. The Labute approximate surface area is 167 Å². The second-order valence-corrected chi connectivity index (χ2v) is 6.01. The van der Waals surface area contributed by atoms with Gasteiger partial charge in [0, 0.05) is 11.1 Å². The van der Waals surface area contributed by atoms with Gasteiger partial charge < -0.3 is 4.74 Å². The highest BCUT2D eigenvalue weighted by Crippen LogP contribution is 2.29. The molecule has 0 aliphatic rings. The van der Waals surface area contributed by atoms with E-state index in [2.05, 4.69) is 10.5 Å². The fourth-order valence-electron chi connectivity index (χ4n) is 2.04. The first-order valence-corrected chi connectivity index (χ1v) is 8.63. The molecule has 0 radical (unpaired) electrons. The van der Waals surface area contributed by atoms with Crippen LogP contribution < -0.4 is 10.2 Å². The predicted molar refractivity (Wildman–Crippen MR) is 109 cm³/mol. The molecule has 8 heteroatoms. The summed E-state index contributed by atoms with van der Waals surface area (Å²) in [5.74, 6) is -0.590. The maximum atomic E-state index is 11.8. The molecule has 2 aromatic rings. The van der Waals surface area contributed by atoms with Gasteiger partial charge in [0.15, 0.2) is 12.4 Å². The summed E-state index contributed by atoms with van der Waals surface area (Å²) in [5, 5.41) is 15.1. The topological polar surface area (TPSA) is 93.8 Å². The van der Waals surface area contributed by atoms with Crippen molar-refractivity contribution in [3.05, 3.63) is 87.5 Å². The van der Waals surface area contributed by atoms with Gasteiger partial charge in [-0.05, 0) is 30.7 Å². The SMILES string of the molecule is CC(C=CC=Cc1ccccc1)=NNC(=O)COc1ccc(Cl)cc1[N+](=O)[O-]. The highest BCUT2D eigenvalue weighted by atomic mass is 35.5. The van der Waals surface area contributed by atoms with Crippen LogP contribution in [-0.4, -0.2) is 23.1 Å². The lowest BCUT2D eigenvalue weighted by molar-refractivity contribution is -0.385. The van der Waals surface area contributed by atoms with Crippen LogP contribution in [0.5, 0.6) is 5.75 Å². The van der Waals surface area contributed by atoms with Crippen LogP contribution in [0.2, 0.25) is 5.02 Å². The number of nitro benzene ring substituents is 1. The summed E-state index contributed by atoms with van der Waals surface area (Å²) in [6.45, 7) is 1.30. The molecule has 7 nitrogen and oxygen atoms in total. The number of benzene rings is 2. The van der Waals surface area contributed by atoms with Crippen molar-refractivity contribution in [2.45, 2.75) is 6.92 Å². The van der Waals surface area contributed by atoms with Crippen LogP contribution in [0.1, 0.15) is 12.5 Å². The molecule has 0 aromatic heterocycles. The van der Waals surface area contributed by atoms with Gasteiger partial charge in [0.1, 0.15) is 0 Å². The van der Waals surface area contributed by atoms with E-state index < -0.39 is 17.4 Å². The van der Waals surface area contributed by atoms with Gasteiger partial charge in [0.2, 0.25) is 0 Å². The van der Waals surface area contributed by atoms with Crippen LogP contribution in [-0.2, 0) is 4.79 Å². The average molecular weight is 400 g/mol. The third-order valence-corrected chi connectivity index (χ3v) is 3.61. The Bertz CT molecular complexity index is 924. The van der Waals surface area contributed by atoms with Crippen molar-refractivity contribution >= 4 is 35.0 Å². The zero-order chi connectivity index (χ0) is 20.4. The van der Waals surface area contributed by atoms with Crippen molar-refractivity contribution in [1.82, 2.24) is 5.43 Å². The van der Waals surface area contributed by atoms with Crippen molar-refractivity contribution in [2.75, 3.05) is 6.61 Å². The number of carbonyl (C=O) groups excluding carboxylic acids is 1. The maximum Gasteiger partial charge on any atom is 0.312 e. The molecule has 0 heterocycles. The number of hydrazone groups is 1. The Kier molecular flexibility index (Phi) is 7.92. The van der Waals surface area contributed by atoms with E-state index >= 15 is 0 Å². The number of nitro groups is 1. The average Bonchev–Trinajstić information content (AvgIpc) is 2.69. The van der Waals surface area contributed by atoms with E-state index in [0.717, 1.165) is 11.6 Å². The first-order valence-electron chi connectivity index (χ1n) is 8.25. The Morgan fingerprint density at radius 3 is 2.71 bits per heavy atom. The quantitative estimate of drug-likeness (QED) is 0.308. The molecule has 0 unspecified atom stereocenters. The molecule has 0 aliphatic carbocycles. The van der Waals surface area contributed by atoms with E-state index in [1.54, 1.807) is 19.1 Å². The minimum Gasteiger partial charge on any atom is -0.477 e. The van der Waals surface area contributed by atoms with Crippen molar-refractivity contribution in [1.29, 1.82) is 0 Å². The molecular weight excluding hydrogens is 382 g/mol. The number of hydrogen-bond acceptors (Lipinski definition) is 5. The summed E-state index contributed by atoms with van der Waals surface area (Å²) in [7, 11) is 0. The summed E-state index contributed by atoms with van der Waals surface area (Å²) >= 11 is 5.73. The number of amides is 1. The number of nitrogens with one attached hydrogen (secondary N) is 1. The van der Waals surface area contributed by atoms with Gasteiger partial charge in [-0.2, -0.15) is 5.10 Å². The summed E-state index contributed by atoms with van der Waals surface area (Å²) < 4.78 is 5.18. The van der Waals surface area contributed by atoms with E-state index in [9.17, 15) is 14.9 Å². The minimum atomic E-state index is -0.630. The zero-order valence-electron chi connectivity index (χ0n) is 15.0. The molecule has 0 aliphatic heterocycles. The summed E-state index contributed by atoms with van der Waals surface area (Å²) in [6.07, 6.45) is 7.32. The molecule has 0 fully saturated rings. The van der Waals surface area contributed by atoms with E-state index in [1.807, 2.05) is 42.5 Å². The number of allylic oxidation sites excluding steroid dienone is 3. The number of nitrogens with zero attached hydrogens (tertiary/aromatic N) is 2. The molecule has 1 amide bonds. The fourth-order valence-corrected chi connectivity index (χ4v) is 2.21. The summed E-state index contributed by atoms with van der Waals surface area (Å²) in [5.41, 5.74) is 3.66. The molecule has 0 saturated carbocycles. The van der Waals surface area contributed by atoms with Gasteiger partial charge in [-0.15, -0.1) is 0 Å². The number of carbonyl (C=O) groups is 1. The van der Waals surface area contributed by atoms with Crippen LogP contribution in [0, 0.1) is 10.1 Å². The molecule has 0 atom stereocenters. The van der Waals surface area contributed by atoms with Gasteiger partial charge in [-0.25, -0.2) is 5.43 Å². The fraction of sp³-hybridized carbons (Fsp3) is 0.100. The maximum absolute atomic E-state index is 11.8. The van der Waals surface area contributed by atoms with Gasteiger partial charge in [-0.3, -0.25) is 14.9 Å². The Balaban J connectivity index is 1.83. The van der Waals surface area contributed by atoms with E-state index in [1.165, 1.54) is 12.1 Å². The van der Waals surface area contributed by atoms with Crippen LogP contribution in [0.25, 0.3) is 6.08 Å². The largest absolute Gasteiger partial charge is 0.477 e. The lowest BCUT2D eigenvalue weighted by Gasteiger charge is -2.06. The van der Waals surface area contributed by atoms with Gasteiger partial charge in [0.05, 0.1) is 10.6 Å². The minimum absolute atomic E-state index is 0.0452. The van der Waals surface area contributed by atoms with Gasteiger partial charge >= 0.3 is 5.69 Å². The monoisotopic (exact) mass is 399 g/mol. The molecule has 0 bridgehead atoms. The lowest BCUT2D eigenvalue weighted by Crippen LogP contribution is -2.25. The molecule has 1 N–H and O–H groups in total. The number of ether oxygens (including phenoxy) is 1. The van der Waals surface area contributed by atoms with Crippen LogP contribution in [0.3, 0.4) is 0 Å². The van der Waals surface area contributed by atoms with Crippen molar-refractivity contribution < 1.29 is 14.5 Å². The Morgan fingerprint density at radius 2 is 2.00 bits per heavy atom. The van der Waals surface area contributed by atoms with E-state index in [-0.39, 0.29) is 16.5 Å². The molecular formula is C20H18ClN3O4. The van der Waals surface area contributed by atoms with Crippen molar-refractivity contribution in [3.8, 4) is 5.75 Å². The molecule has 0 saturated heterocycles. The van der Waals surface area contributed by atoms with Crippen LogP contribution >= 0.6 is 11.6 Å². The Morgan fingerprint density at radius 1 is 1.25 bits per heavy atom. The number of rotatable bonds is 8.